The van der Waals surface area contributed by atoms with E-state index in [9.17, 15) is 4.79 Å². The molecule has 3 rings (SSSR count). The van der Waals surface area contributed by atoms with Gasteiger partial charge in [-0.15, -0.1) is 0 Å². The minimum absolute atomic E-state index is 0.0669. The van der Waals surface area contributed by atoms with Crippen molar-refractivity contribution < 1.29 is 4.79 Å². The predicted octanol–water partition coefficient (Wildman–Crippen LogP) is 1.55. The summed E-state index contributed by atoms with van der Waals surface area (Å²) in [6, 6.07) is 9.58. The first-order valence-electron chi connectivity index (χ1n) is 7.93. The van der Waals surface area contributed by atoms with E-state index < -0.39 is 0 Å². The SMILES string of the molecule is CCNC(=O)c1cccnc1N1CCN(c2ccccn2)CC1. The molecule has 3 heterocycles. The first kappa shape index (κ1) is 15.3. The maximum Gasteiger partial charge on any atom is 0.255 e. The number of carbonyl (C=O) groups excluding carboxylic acids is 1. The van der Waals surface area contributed by atoms with Gasteiger partial charge in [0.05, 0.1) is 5.56 Å². The van der Waals surface area contributed by atoms with Gasteiger partial charge in [0.25, 0.3) is 5.91 Å². The number of rotatable bonds is 4. The Hall–Kier alpha value is -2.63. The molecule has 0 unspecified atom stereocenters. The van der Waals surface area contributed by atoms with Gasteiger partial charge in [0.1, 0.15) is 11.6 Å². The zero-order valence-corrected chi connectivity index (χ0v) is 13.3. The van der Waals surface area contributed by atoms with Crippen molar-refractivity contribution in [2.24, 2.45) is 0 Å². The molecule has 0 atom stereocenters. The Morgan fingerprint density at radius 2 is 1.78 bits per heavy atom. The minimum atomic E-state index is -0.0669. The number of piperazine rings is 1. The maximum absolute atomic E-state index is 12.2. The Morgan fingerprint density at radius 3 is 2.48 bits per heavy atom. The van der Waals surface area contributed by atoms with Crippen molar-refractivity contribution in [1.29, 1.82) is 0 Å². The fourth-order valence-electron chi connectivity index (χ4n) is 2.77. The summed E-state index contributed by atoms with van der Waals surface area (Å²) in [6.07, 6.45) is 3.55. The summed E-state index contributed by atoms with van der Waals surface area (Å²) in [5, 5.41) is 2.85. The van der Waals surface area contributed by atoms with Crippen LogP contribution in [0.25, 0.3) is 0 Å². The predicted molar refractivity (Wildman–Crippen MR) is 90.9 cm³/mol. The van der Waals surface area contributed by atoms with Gasteiger partial charge in [-0.1, -0.05) is 6.07 Å². The van der Waals surface area contributed by atoms with E-state index >= 15 is 0 Å². The number of pyridine rings is 2. The number of anilines is 2. The van der Waals surface area contributed by atoms with Crippen molar-refractivity contribution in [3.8, 4) is 0 Å². The van der Waals surface area contributed by atoms with Crippen molar-refractivity contribution in [3.63, 3.8) is 0 Å². The molecular formula is C17H21N5O. The highest BCUT2D eigenvalue weighted by Crippen LogP contribution is 2.20. The molecule has 6 heteroatoms. The lowest BCUT2D eigenvalue weighted by molar-refractivity contribution is 0.0956. The van der Waals surface area contributed by atoms with E-state index in [1.54, 1.807) is 12.3 Å². The Bertz CT molecular complexity index is 653. The topological polar surface area (TPSA) is 61.4 Å². The Morgan fingerprint density at radius 1 is 1.04 bits per heavy atom. The molecule has 6 nitrogen and oxygen atoms in total. The van der Waals surface area contributed by atoms with Gasteiger partial charge in [-0.05, 0) is 31.2 Å². The summed E-state index contributed by atoms with van der Waals surface area (Å²) in [5.41, 5.74) is 0.639. The summed E-state index contributed by atoms with van der Waals surface area (Å²) >= 11 is 0. The van der Waals surface area contributed by atoms with Crippen molar-refractivity contribution in [1.82, 2.24) is 15.3 Å². The Balaban J connectivity index is 1.72. The molecule has 0 aromatic carbocycles. The first-order chi connectivity index (χ1) is 11.3. The van der Waals surface area contributed by atoms with E-state index in [4.69, 9.17) is 0 Å². The molecule has 1 fully saturated rings. The molecule has 0 bridgehead atoms. The van der Waals surface area contributed by atoms with E-state index in [0.717, 1.165) is 37.8 Å². The fourth-order valence-corrected chi connectivity index (χ4v) is 2.77. The van der Waals surface area contributed by atoms with Gasteiger partial charge in [0.2, 0.25) is 0 Å². The number of amides is 1. The van der Waals surface area contributed by atoms with Crippen LogP contribution in [0, 0.1) is 0 Å². The zero-order valence-electron chi connectivity index (χ0n) is 13.3. The largest absolute Gasteiger partial charge is 0.353 e. The molecule has 1 N–H and O–H groups in total. The molecule has 1 aliphatic rings. The van der Waals surface area contributed by atoms with Crippen LogP contribution in [-0.2, 0) is 0 Å². The standard InChI is InChI=1S/C17H21N5O/c1-2-18-17(23)14-6-5-9-20-16(14)22-12-10-21(11-13-22)15-7-3-4-8-19-15/h3-9H,2,10-13H2,1H3,(H,18,23). The molecule has 0 radical (unpaired) electrons. The highest BCUT2D eigenvalue weighted by atomic mass is 16.1. The highest BCUT2D eigenvalue weighted by molar-refractivity contribution is 5.98. The normalized spacial score (nSPS) is 14.7. The van der Waals surface area contributed by atoms with Crippen LogP contribution >= 0.6 is 0 Å². The number of hydrogen-bond acceptors (Lipinski definition) is 5. The molecule has 1 amide bonds. The molecule has 120 valence electrons. The average molecular weight is 311 g/mol. The van der Waals surface area contributed by atoms with Crippen LogP contribution in [0.15, 0.2) is 42.7 Å². The van der Waals surface area contributed by atoms with Gasteiger partial charge in [-0.25, -0.2) is 9.97 Å². The van der Waals surface area contributed by atoms with Crippen molar-refractivity contribution in [3.05, 3.63) is 48.3 Å². The lowest BCUT2D eigenvalue weighted by Gasteiger charge is -2.36. The number of nitrogens with zero attached hydrogens (tertiary/aromatic N) is 4. The number of carbonyl (C=O) groups is 1. The Labute approximate surface area is 136 Å². The van der Waals surface area contributed by atoms with Gasteiger partial charge in [-0.3, -0.25) is 4.79 Å². The van der Waals surface area contributed by atoms with Gasteiger partial charge >= 0.3 is 0 Å². The molecule has 1 saturated heterocycles. The van der Waals surface area contributed by atoms with E-state index in [2.05, 4.69) is 25.1 Å². The van der Waals surface area contributed by atoms with Crippen molar-refractivity contribution in [2.75, 3.05) is 42.5 Å². The second-order valence-corrected chi connectivity index (χ2v) is 5.40. The van der Waals surface area contributed by atoms with Crippen LogP contribution < -0.4 is 15.1 Å². The highest BCUT2D eigenvalue weighted by Gasteiger charge is 2.22. The first-order valence-corrected chi connectivity index (χ1v) is 7.93. The second kappa shape index (κ2) is 7.09. The van der Waals surface area contributed by atoms with Crippen LogP contribution in [0.1, 0.15) is 17.3 Å². The van der Waals surface area contributed by atoms with Crippen LogP contribution in [0.4, 0.5) is 11.6 Å². The summed E-state index contributed by atoms with van der Waals surface area (Å²) in [4.78, 5) is 25.5. The van der Waals surface area contributed by atoms with Gasteiger partial charge < -0.3 is 15.1 Å². The summed E-state index contributed by atoms with van der Waals surface area (Å²) in [5.74, 6) is 1.69. The van der Waals surface area contributed by atoms with E-state index in [1.807, 2.05) is 37.4 Å². The second-order valence-electron chi connectivity index (χ2n) is 5.40. The summed E-state index contributed by atoms with van der Waals surface area (Å²) in [6.45, 7) is 5.89. The monoisotopic (exact) mass is 311 g/mol. The van der Waals surface area contributed by atoms with Crippen LogP contribution in [-0.4, -0.2) is 48.6 Å². The number of aromatic nitrogens is 2. The number of nitrogens with one attached hydrogen (secondary N) is 1. The van der Waals surface area contributed by atoms with Gasteiger partial charge in [0.15, 0.2) is 0 Å². The van der Waals surface area contributed by atoms with Crippen LogP contribution in [0.2, 0.25) is 0 Å². The van der Waals surface area contributed by atoms with Crippen LogP contribution in [0.5, 0.6) is 0 Å². The Kier molecular flexibility index (Phi) is 4.71. The third-order valence-corrected chi connectivity index (χ3v) is 3.92. The van der Waals surface area contributed by atoms with E-state index in [-0.39, 0.29) is 5.91 Å². The van der Waals surface area contributed by atoms with Gasteiger partial charge in [0, 0.05) is 45.1 Å². The molecule has 23 heavy (non-hydrogen) atoms. The lowest BCUT2D eigenvalue weighted by atomic mass is 10.2. The number of hydrogen-bond donors (Lipinski definition) is 1. The molecule has 0 aliphatic carbocycles. The molecule has 2 aromatic rings. The molecule has 0 spiro atoms. The summed E-state index contributed by atoms with van der Waals surface area (Å²) < 4.78 is 0. The van der Waals surface area contributed by atoms with Crippen LogP contribution in [0.3, 0.4) is 0 Å². The third-order valence-electron chi connectivity index (χ3n) is 3.92. The average Bonchev–Trinajstić information content (AvgIpc) is 2.63. The van der Waals surface area contributed by atoms with E-state index in [1.165, 1.54) is 0 Å². The maximum atomic E-state index is 12.2. The fraction of sp³-hybridized carbons (Fsp3) is 0.353. The quantitative estimate of drug-likeness (QED) is 0.928. The zero-order chi connectivity index (χ0) is 16.1. The van der Waals surface area contributed by atoms with Gasteiger partial charge in [-0.2, -0.15) is 0 Å². The molecule has 0 saturated carbocycles. The summed E-state index contributed by atoms with van der Waals surface area (Å²) in [7, 11) is 0. The minimum Gasteiger partial charge on any atom is -0.353 e. The lowest BCUT2D eigenvalue weighted by Crippen LogP contribution is -2.47. The molecule has 2 aromatic heterocycles. The molecule has 1 aliphatic heterocycles. The molecular weight excluding hydrogens is 290 g/mol. The third kappa shape index (κ3) is 3.41. The van der Waals surface area contributed by atoms with E-state index in [0.29, 0.717) is 12.1 Å². The smallest absolute Gasteiger partial charge is 0.255 e. The van der Waals surface area contributed by atoms with Crippen molar-refractivity contribution in [2.45, 2.75) is 6.92 Å². The van der Waals surface area contributed by atoms with Crippen molar-refractivity contribution >= 4 is 17.5 Å².